The van der Waals surface area contributed by atoms with Gasteiger partial charge in [-0.3, -0.25) is 4.68 Å². The number of urea groups is 1. The Labute approximate surface area is 168 Å². The highest BCUT2D eigenvalue weighted by Gasteiger charge is 2.37. The molecule has 1 aromatic carbocycles. The number of carbonyl (C=O) groups excluding carboxylic acids is 1. The van der Waals surface area contributed by atoms with Crippen molar-refractivity contribution in [2.45, 2.75) is 45.1 Å². The summed E-state index contributed by atoms with van der Waals surface area (Å²) in [4.78, 5) is 19.2. The molecular formula is C22H33N5O. The van der Waals surface area contributed by atoms with Crippen molar-refractivity contribution >= 4 is 22.6 Å². The summed E-state index contributed by atoms with van der Waals surface area (Å²) in [5, 5.41) is 1.35. The zero-order valence-corrected chi connectivity index (χ0v) is 17.8. The number of aromatic nitrogens is 1. The molecule has 0 unspecified atom stereocenters. The molecule has 2 aliphatic rings. The van der Waals surface area contributed by atoms with Crippen LogP contribution in [0.25, 0.3) is 10.9 Å². The summed E-state index contributed by atoms with van der Waals surface area (Å²) >= 11 is 0. The fourth-order valence-electron chi connectivity index (χ4n) is 5.06. The molecule has 1 fully saturated rings. The average Bonchev–Trinajstić information content (AvgIpc) is 3.01. The summed E-state index contributed by atoms with van der Waals surface area (Å²) in [6.07, 6.45) is 5.70. The monoisotopic (exact) mass is 383 g/mol. The van der Waals surface area contributed by atoms with Crippen LogP contribution < -0.4 is 10.3 Å². The third-order valence-electron chi connectivity index (χ3n) is 6.67. The average molecular weight is 384 g/mol. The highest BCUT2D eigenvalue weighted by atomic mass is 16.2. The number of rotatable bonds is 4. The number of carbonyl (C=O) groups is 1. The molecule has 152 valence electrons. The Hall–Kier alpha value is -2.21. The molecule has 0 radical (unpaired) electrons. The first-order valence-corrected chi connectivity index (χ1v) is 10.6. The Morgan fingerprint density at radius 3 is 2.68 bits per heavy atom. The van der Waals surface area contributed by atoms with Gasteiger partial charge in [0.2, 0.25) is 0 Å². The standard InChI is InChI=1S/C22H33N5O/c1-6-26(7-2)22(28)23-27-14-15-11-19-17(9-8-10-25(19)5)18-12-16(24(3)4)13-20(27)21(15)18/h12-14,17,19H,6-11H2,1-5H3,(H,23,28)/t17-,19-/m1/s1. The third-order valence-corrected chi connectivity index (χ3v) is 6.67. The maximum absolute atomic E-state index is 12.7. The highest BCUT2D eigenvalue weighted by Crippen LogP contribution is 2.45. The lowest BCUT2D eigenvalue weighted by atomic mass is 9.75. The van der Waals surface area contributed by atoms with E-state index in [1.165, 1.54) is 41.6 Å². The fourth-order valence-corrected chi connectivity index (χ4v) is 5.06. The third kappa shape index (κ3) is 3.04. The molecule has 6 heteroatoms. The number of benzene rings is 1. The first-order chi connectivity index (χ1) is 13.4. The number of hydrogen-bond acceptors (Lipinski definition) is 3. The summed E-state index contributed by atoms with van der Waals surface area (Å²) in [5.74, 6) is 0.572. The number of hydrogen-bond donors (Lipinski definition) is 1. The molecule has 0 saturated carbocycles. The van der Waals surface area contributed by atoms with Crippen molar-refractivity contribution in [2.24, 2.45) is 0 Å². The maximum atomic E-state index is 12.7. The lowest BCUT2D eigenvalue weighted by molar-refractivity contribution is 0.157. The van der Waals surface area contributed by atoms with Crippen molar-refractivity contribution in [2.75, 3.05) is 51.1 Å². The van der Waals surface area contributed by atoms with Gasteiger partial charge in [-0.25, -0.2) is 10.2 Å². The second kappa shape index (κ2) is 7.32. The molecule has 28 heavy (non-hydrogen) atoms. The van der Waals surface area contributed by atoms with Gasteiger partial charge in [0.15, 0.2) is 0 Å². The predicted molar refractivity (Wildman–Crippen MR) is 116 cm³/mol. The van der Waals surface area contributed by atoms with Gasteiger partial charge >= 0.3 is 6.03 Å². The fraction of sp³-hybridized carbons (Fsp3) is 0.591. The van der Waals surface area contributed by atoms with Crippen LogP contribution in [0.2, 0.25) is 0 Å². The summed E-state index contributed by atoms with van der Waals surface area (Å²) in [5.41, 5.74) is 8.24. The second-order valence-corrected chi connectivity index (χ2v) is 8.44. The number of amides is 2. The van der Waals surface area contributed by atoms with Gasteiger partial charge in [-0.2, -0.15) is 0 Å². The minimum absolute atomic E-state index is 0.0426. The van der Waals surface area contributed by atoms with E-state index in [4.69, 9.17) is 0 Å². The zero-order chi connectivity index (χ0) is 20.0. The molecule has 4 rings (SSSR count). The molecule has 2 amide bonds. The van der Waals surface area contributed by atoms with Crippen molar-refractivity contribution in [1.82, 2.24) is 14.5 Å². The second-order valence-electron chi connectivity index (χ2n) is 8.44. The zero-order valence-electron chi connectivity index (χ0n) is 17.8. The van der Waals surface area contributed by atoms with E-state index in [1.54, 1.807) is 0 Å². The van der Waals surface area contributed by atoms with Gasteiger partial charge in [-0.15, -0.1) is 0 Å². The Morgan fingerprint density at radius 2 is 2.00 bits per heavy atom. The number of fused-ring (bicyclic) bond motifs is 2. The summed E-state index contributed by atoms with van der Waals surface area (Å²) in [7, 11) is 6.43. The van der Waals surface area contributed by atoms with Crippen molar-refractivity contribution < 1.29 is 4.79 Å². The molecule has 1 N–H and O–H groups in total. The van der Waals surface area contributed by atoms with Crippen LogP contribution in [-0.4, -0.2) is 67.3 Å². The van der Waals surface area contributed by atoms with Crippen LogP contribution in [-0.2, 0) is 6.42 Å². The van der Waals surface area contributed by atoms with Gasteiger partial charge in [0.1, 0.15) is 0 Å². The van der Waals surface area contributed by atoms with E-state index in [-0.39, 0.29) is 6.03 Å². The van der Waals surface area contributed by atoms with Crippen LogP contribution in [0.1, 0.15) is 43.7 Å². The van der Waals surface area contributed by atoms with E-state index in [2.05, 4.69) is 54.7 Å². The Kier molecular flexibility index (Phi) is 5.00. The predicted octanol–water partition coefficient (Wildman–Crippen LogP) is 3.45. The highest BCUT2D eigenvalue weighted by molar-refractivity contribution is 5.94. The van der Waals surface area contributed by atoms with Gasteiger partial charge in [-0.1, -0.05) is 0 Å². The summed E-state index contributed by atoms with van der Waals surface area (Å²) in [6.45, 7) is 6.61. The smallest absolute Gasteiger partial charge is 0.336 e. The number of likely N-dealkylation sites (N-methyl/N-ethyl adjacent to an activating group) is 1. The lowest BCUT2D eigenvalue weighted by Gasteiger charge is -2.42. The first-order valence-electron chi connectivity index (χ1n) is 10.6. The van der Waals surface area contributed by atoms with E-state index in [0.717, 1.165) is 11.9 Å². The van der Waals surface area contributed by atoms with Gasteiger partial charge < -0.3 is 14.7 Å². The SMILES string of the molecule is CCN(CC)C(=O)Nn1cc2c3c(cc(N(C)C)cc31)[C@H]1CCCN(C)[C@@H]1C2. The molecule has 1 aromatic heterocycles. The number of anilines is 1. The topological polar surface area (TPSA) is 43.8 Å². The number of likely N-dealkylation sites (tertiary alicyclic amines) is 1. The first kappa shape index (κ1) is 19.1. The molecule has 2 heterocycles. The van der Waals surface area contributed by atoms with Crippen LogP contribution in [0.15, 0.2) is 18.3 Å². The van der Waals surface area contributed by atoms with E-state index < -0.39 is 0 Å². The van der Waals surface area contributed by atoms with Crippen molar-refractivity contribution in [1.29, 1.82) is 0 Å². The molecule has 1 aliphatic heterocycles. The van der Waals surface area contributed by atoms with Gasteiger partial charge in [0.05, 0.1) is 5.52 Å². The van der Waals surface area contributed by atoms with Gasteiger partial charge in [0.25, 0.3) is 0 Å². The Morgan fingerprint density at radius 1 is 1.25 bits per heavy atom. The molecule has 1 saturated heterocycles. The maximum Gasteiger partial charge on any atom is 0.336 e. The lowest BCUT2D eigenvalue weighted by Crippen LogP contribution is -2.44. The van der Waals surface area contributed by atoms with E-state index in [9.17, 15) is 4.79 Å². The molecule has 6 nitrogen and oxygen atoms in total. The summed E-state index contributed by atoms with van der Waals surface area (Å²) in [6, 6.07) is 5.09. The van der Waals surface area contributed by atoms with Crippen LogP contribution in [0.3, 0.4) is 0 Å². The molecule has 1 aliphatic carbocycles. The number of piperidine rings is 1. The Bertz CT molecular complexity index is 883. The van der Waals surface area contributed by atoms with Crippen LogP contribution in [0.4, 0.5) is 10.5 Å². The largest absolute Gasteiger partial charge is 0.378 e. The van der Waals surface area contributed by atoms with Crippen LogP contribution in [0.5, 0.6) is 0 Å². The minimum Gasteiger partial charge on any atom is -0.378 e. The molecule has 2 atom stereocenters. The minimum atomic E-state index is -0.0426. The van der Waals surface area contributed by atoms with Crippen molar-refractivity contribution in [3.05, 3.63) is 29.5 Å². The van der Waals surface area contributed by atoms with Crippen molar-refractivity contribution in [3.63, 3.8) is 0 Å². The van der Waals surface area contributed by atoms with Crippen LogP contribution >= 0.6 is 0 Å². The molecule has 0 spiro atoms. The molecule has 2 aromatic rings. The quantitative estimate of drug-likeness (QED) is 0.879. The van der Waals surface area contributed by atoms with E-state index in [1.807, 2.05) is 23.4 Å². The summed E-state index contributed by atoms with van der Waals surface area (Å²) < 4.78 is 1.96. The molecular weight excluding hydrogens is 350 g/mol. The number of nitrogens with one attached hydrogen (secondary N) is 1. The van der Waals surface area contributed by atoms with E-state index in [0.29, 0.717) is 25.0 Å². The normalized spacial score (nSPS) is 21.5. The van der Waals surface area contributed by atoms with Gasteiger partial charge in [0, 0.05) is 56.4 Å². The van der Waals surface area contributed by atoms with Crippen molar-refractivity contribution in [3.8, 4) is 0 Å². The number of nitrogens with zero attached hydrogens (tertiary/aromatic N) is 4. The van der Waals surface area contributed by atoms with E-state index >= 15 is 0 Å². The van der Waals surface area contributed by atoms with Crippen LogP contribution in [0, 0.1) is 0 Å². The van der Waals surface area contributed by atoms with Gasteiger partial charge in [-0.05, 0) is 70.0 Å². The molecule has 0 bridgehead atoms. The Balaban J connectivity index is 1.83.